The molecule has 5 heteroatoms. The first-order valence-corrected chi connectivity index (χ1v) is 12.5. The van der Waals surface area contributed by atoms with E-state index in [1.165, 1.54) is 11.6 Å². The molecule has 0 aliphatic rings. The number of allylic oxidation sites excluding steroid dienone is 2. The zero-order valence-corrected chi connectivity index (χ0v) is 22.7. The number of esters is 1. The van der Waals surface area contributed by atoms with Crippen LogP contribution in [0.5, 0.6) is 17.2 Å². The number of benzene rings is 3. The molecule has 38 heavy (non-hydrogen) atoms. The predicted molar refractivity (Wildman–Crippen MR) is 153 cm³/mol. The van der Waals surface area contributed by atoms with Crippen LogP contribution < -0.4 is 14.2 Å². The molecule has 5 nitrogen and oxygen atoms in total. The third-order valence-electron chi connectivity index (χ3n) is 5.73. The Morgan fingerprint density at radius 3 is 1.71 bits per heavy atom. The van der Waals surface area contributed by atoms with Gasteiger partial charge in [0.25, 0.3) is 0 Å². The fraction of sp³-hybridized carbons (Fsp3) is 0.242. The summed E-state index contributed by atoms with van der Waals surface area (Å²) in [6.45, 7) is 12.0. The molecular weight excluding hydrogens is 476 g/mol. The average molecular weight is 513 g/mol. The molecule has 0 amide bonds. The number of hydrogen-bond donors (Lipinski definition) is 0. The van der Waals surface area contributed by atoms with Crippen molar-refractivity contribution in [2.45, 2.75) is 45.5 Å². The monoisotopic (exact) mass is 512 g/mol. The SMILES string of the molecule is C=CC(Oc1ccc(C(C)(C)C)cc1)C(=O)Oc1ccc(C=CC=Cc2ccc(OC(C)OC)cc2)cc1. The Labute approximate surface area is 226 Å². The van der Waals surface area contributed by atoms with Gasteiger partial charge in [-0.25, -0.2) is 4.79 Å². The summed E-state index contributed by atoms with van der Waals surface area (Å²) in [5, 5.41) is 0. The molecule has 0 aliphatic carbocycles. The molecule has 3 aromatic rings. The topological polar surface area (TPSA) is 54.0 Å². The van der Waals surface area contributed by atoms with Gasteiger partial charge < -0.3 is 18.9 Å². The smallest absolute Gasteiger partial charge is 0.356 e. The Balaban J connectivity index is 1.51. The Kier molecular flexibility index (Phi) is 10.1. The Morgan fingerprint density at radius 2 is 1.24 bits per heavy atom. The van der Waals surface area contributed by atoms with Gasteiger partial charge in [0.2, 0.25) is 6.10 Å². The van der Waals surface area contributed by atoms with E-state index in [0.717, 1.165) is 16.9 Å². The van der Waals surface area contributed by atoms with Gasteiger partial charge >= 0.3 is 5.97 Å². The highest BCUT2D eigenvalue weighted by Crippen LogP contribution is 2.25. The van der Waals surface area contributed by atoms with Crippen LogP contribution in [0.15, 0.2) is 97.6 Å². The largest absolute Gasteiger partial charge is 0.475 e. The predicted octanol–water partition coefficient (Wildman–Crippen LogP) is 7.62. The van der Waals surface area contributed by atoms with Crippen molar-refractivity contribution >= 4 is 18.1 Å². The summed E-state index contributed by atoms with van der Waals surface area (Å²) < 4.78 is 22.0. The van der Waals surface area contributed by atoms with Crippen molar-refractivity contribution in [2.24, 2.45) is 0 Å². The number of ether oxygens (including phenoxy) is 4. The number of hydrogen-bond acceptors (Lipinski definition) is 5. The highest BCUT2D eigenvalue weighted by molar-refractivity contribution is 5.79. The first-order chi connectivity index (χ1) is 18.2. The average Bonchev–Trinajstić information content (AvgIpc) is 2.91. The lowest BCUT2D eigenvalue weighted by Gasteiger charge is -2.20. The fourth-order valence-electron chi connectivity index (χ4n) is 3.42. The second-order valence-electron chi connectivity index (χ2n) is 9.75. The number of rotatable bonds is 11. The van der Waals surface area contributed by atoms with E-state index in [9.17, 15) is 4.79 Å². The van der Waals surface area contributed by atoms with Crippen LogP contribution in [-0.4, -0.2) is 25.5 Å². The van der Waals surface area contributed by atoms with Crippen LogP contribution in [0, 0.1) is 0 Å². The number of carbonyl (C=O) groups excluding carboxylic acids is 1. The third-order valence-corrected chi connectivity index (χ3v) is 5.73. The van der Waals surface area contributed by atoms with Crippen LogP contribution in [0.2, 0.25) is 0 Å². The summed E-state index contributed by atoms with van der Waals surface area (Å²) in [5.74, 6) is 1.25. The molecule has 0 N–H and O–H groups in total. The second kappa shape index (κ2) is 13.5. The molecule has 3 rings (SSSR count). The molecular formula is C33H36O5. The van der Waals surface area contributed by atoms with E-state index in [1.54, 1.807) is 19.2 Å². The number of methoxy groups -OCH3 is 1. The molecule has 2 atom stereocenters. The normalized spacial score (nSPS) is 13.3. The summed E-state index contributed by atoms with van der Waals surface area (Å²) in [6.07, 6.45) is 8.11. The van der Waals surface area contributed by atoms with Gasteiger partial charge in [-0.2, -0.15) is 0 Å². The van der Waals surface area contributed by atoms with Crippen LogP contribution in [0.25, 0.3) is 12.2 Å². The van der Waals surface area contributed by atoms with Gasteiger partial charge in [0.05, 0.1) is 0 Å². The van der Waals surface area contributed by atoms with Crippen molar-refractivity contribution in [2.75, 3.05) is 7.11 Å². The molecule has 0 bridgehead atoms. The molecule has 2 unspecified atom stereocenters. The molecule has 0 aromatic heterocycles. The molecule has 0 heterocycles. The van der Waals surface area contributed by atoms with Crippen LogP contribution in [-0.2, 0) is 14.9 Å². The molecule has 3 aromatic carbocycles. The van der Waals surface area contributed by atoms with E-state index in [4.69, 9.17) is 18.9 Å². The minimum atomic E-state index is -0.913. The van der Waals surface area contributed by atoms with Gasteiger partial charge in [-0.1, -0.05) is 88.1 Å². The highest BCUT2D eigenvalue weighted by atomic mass is 16.7. The molecule has 198 valence electrons. The maximum absolute atomic E-state index is 12.6. The lowest BCUT2D eigenvalue weighted by molar-refractivity contribution is -0.140. The number of carbonyl (C=O) groups is 1. The van der Waals surface area contributed by atoms with Crippen molar-refractivity contribution in [3.8, 4) is 17.2 Å². The minimum absolute atomic E-state index is 0.0400. The first kappa shape index (κ1) is 28.5. The molecule has 0 fully saturated rings. The fourth-order valence-corrected chi connectivity index (χ4v) is 3.42. The first-order valence-electron chi connectivity index (χ1n) is 12.5. The van der Waals surface area contributed by atoms with E-state index in [2.05, 4.69) is 27.4 Å². The van der Waals surface area contributed by atoms with Crippen LogP contribution in [0.3, 0.4) is 0 Å². The van der Waals surface area contributed by atoms with Crippen molar-refractivity contribution in [3.05, 3.63) is 114 Å². The lowest BCUT2D eigenvalue weighted by Crippen LogP contribution is -2.29. The van der Waals surface area contributed by atoms with Crippen LogP contribution in [0.4, 0.5) is 0 Å². The summed E-state index contributed by atoms with van der Waals surface area (Å²) in [7, 11) is 1.61. The standard InChI is InChI=1S/C33H36O5/c1-7-31(37-29-22-16-27(17-23-29)33(3,4)5)32(34)38-30-20-14-26(15-21-30)11-9-8-10-25-12-18-28(19-13-25)36-24(2)35-6/h7-24,31H,1H2,2-6H3. The summed E-state index contributed by atoms with van der Waals surface area (Å²) in [4.78, 5) is 12.6. The summed E-state index contributed by atoms with van der Waals surface area (Å²) in [5.41, 5.74) is 3.25. The van der Waals surface area contributed by atoms with Crippen molar-refractivity contribution in [3.63, 3.8) is 0 Å². The van der Waals surface area contributed by atoms with E-state index < -0.39 is 12.1 Å². The second-order valence-corrected chi connectivity index (χ2v) is 9.75. The van der Waals surface area contributed by atoms with E-state index in [0.29, 0.717) is 11.5 Å². The maximum atomic E-state index is 12.6. The minimum Gasteiger partial charge on any atom is -0.475 e. The quantitative estimate of drug-likeness (QED) is 0.0869. The van der Waals surface area contributed by atoms with Crippen molar-refractivity contribution in [1.29, 1.82) is 0 Å². The van der Waals surface area contributed by atoms with E-state index >= 15 is 0 Å². The molecule has 0 radical (unpaired) electrons. The summed E-state index contributed by atoms with van der Waals surface area (Å²) >= 11 is 0. The van der Waals surface area contributed by atoms with Gasteiger partial charge in [-0.15, -0.1) is 0 Å². The lowest BCUT2D eigenvalue weighted by atomic mass is 9.87. The van der Waals surface area contributed by atoms with E-state index in [-0.39, 0.29) is 11.7 Å². The summed E-state index contributed by atoms with van der Waals surface area (Å²) in [6, 6.07) is 22.7. The molecule has 0 aliphatic heterocycles. The van der Waals surface area contributed by atoms with Crippen molar-refractivity contribution in [1.82, 2.24) is 0 Å². The van der Waals surface area contributed by atoms with Gasteiger partial charge in [0.15, 0.2) is 6.29 Å². The zero-order valence-electron chi connectivity index (χ0n) is 22.7. The molecule has 0 saturated heterocycles. The van der Waals surface area contributed by atoms with Gasteiger partial charge in [-0.05, 0) is 71.5 Å². The van der Waals surface area contributed by atoms with Gasteiger partial charge in [0, 0.05) is 7.11 Å². The van der Waals surface area contributed by atoms with Crippen molar-refractivity contribution < 1.29 is 23.7 Å². The van der Waals surface area contributed by atoms with E-state index in [1.807, 2.05) is 91.9 Å². The Bertz CT molecular complexity index is 1230. The Hall–Kier alpha value is -4.09. The molecule has 0 spiro atoms. The molecule has 0 saturated carbocycles. The Morgan fingerprint density at radius 1 is 0.763 bits per heavy atom. The van der Waals surface area contributed by atoms with Crippen LogP contribution in [0.1, 0.15) is 44.4 Å². The maximum Gasteiger partial charge on any atom is 0.356 e. The van der Waals surface area contributed by atoms with Gasteiger partial charge in [-0.3, -0.25) is 0 Å². The van der Waals surface area contributed by atoms with Gasteiger partial charge in [0.1, 0.15) is 17.2 Å². The highest BCUT2D eigenvalue weighted by Gasteiger charge is 2.20. The third kappa shape index (κ3) is 8.79. The van der Waals surface area contributed by atoms with Crippen LogP contribution >= 0.6 is 0 Å². The zero-order chi connectivity index (χ0) is 27.5.